The van der Waals surface area contributed by atoms with Crippen LogP contribution in [0.5, 0.6) is 0 Å². The molecule has 0 heterocycles. The van der Waals surface area contributed by atoms with Crippen LogP contribution < -0.4 is 0 Å². The summed E-state index contributed by atoms with van der Waals surface area (Å²) in [5, 5.41) is 0. The SMILES string of the molecule is CCCCC(CC)C(=O)OCCCCCCCCC(C)CC(CCCCCCCOC(=O)C(CC)CCCC)C(C)C. The van der Waals surface area contributed by atoms with Gasteiger partial charge in [0.1, 0.15) is 0 Å². The quantitative estimate of drug-likeness (QED) is 0.0613. The maximum atomic E-state index is 12.2. The van der Waals surface area contributed by atoms with E-state index in [4.69, 9.17) is 9.47 Å². The summed E-state index contributed by atoms with van der Waals surface area (Å²) in [5.41, 5.74) is 0. The molecule has 0 aliphatic heterocycles. The summed E-state index contributed by atoms with van der Waals surface area (Å²) in [6.45, 7) is 17.0. The average Bonchev–Trinajstić information content (AvgIpc) is 2.97. The van der Waals surface area contributed by atoms with E-state index in [9.17, 15) is 9.59 Å². The van der Waals surface area contributed by atoms with Crippen LogP contribution in [0.25, 0.3) is 0 Å². The smallest absolute Gasteiger partial charge is 0.308 e. The molecule has 4 nitrogen and oxygen atoms in total. The molecule has 0 bridgehead atoms. The van der Waals surface area contributed by atoms with Crippen molar-refractivity contribution in [1.82, 2.24) is 0 Å². The molecule has 0 aromatic heterocycles. The number of carbonyl (C=O) groups excluding carboxylic acids is 2. The molecule has 250 valence electrons. The summed E-state index contributed by atoms with van der Waals surface area (Å²) in [7, 11) is 0. The molecule has 0 aromatic rings. The maximum Gasteiger partial charge on any atom is 0.308 e. The molecule has 0 rings (SSSR count). The third-order valence-corrected chi connectivity index (χ3v) is 9.41. The van der Waals surface area contributed by atoms with Crippen molar-refractivity contribution >= 4 is 11.9 Å². The predicted molar refractivity (Wildman–Crippen MR) is 181 cm³/mol. The van der Waals surface area contributed by atoms with E-state index in [1.54, 1.807) is 0 Å². The molecule has 4 atom stereocenters. The van der Waals surface area contributed by atoms with Crippen LogP contribution >= 0.6 is 0 Å². The van der Waals surface area contributed by atoms with E-state index in [1.807, 2.05) is 0 Å². The van der Waals surface area contributed by atoms with Gasteiger partial charge in [0.2, 0.25) is 0 Å². The van der Waals surface area contributed by atoms with Crippen LogP contribution in [0.4, 0.5) is 0 Å². The summed E-state index contributed by atoms with van der Waals surface area (Å²) in [6.07, 6.45) is 25.8. The third kappa shape index (κ3) is 22.5. The molecule has 0 spiro atoms. The van der Waals surface area contributed by atoms with Crippen LogP contribution in [-0.2, 0) is 19.1 Å². The second kappa shape index (κ2) is 28.7. The van der Waals surface area contributed by atoms with E-state index >= 15 is 0 Å². The molecule has 0 aliphatic carbocycles. The minimum absolute atomic E-state index is 0.0253. The highest BCUT2D eigenvalue weighted by Gasteiger charge is 2.19. The Balaban J connectivity index is 3.83. The topological polar surface area (TPSA) is 52.6 Å². The lowest BCUT2D eigenvalue weighted by atomic mass is 9.82. The van der Waals surface area contributed by atoms with Gasteiger partial charge < -0.3 is 9.47 Å². The highest BCUT2D eigenvalue weighted by Crippen LogP contribution is 2.29. The zero-order valence-electron chi connectivity index (χ0n) is 29.5. The van der Waals surface area contributed by atoms with Gasteiger partial charge in [-0.2, -0.15) is 0 Å². The number of unbranched alkanes of at least 4 members (excludes halogenated alkanes) is 11. The molecule has 4 heteroatoms. The Labute approximate surface area is 263 Å². The number of ether oxygens (including phenoxy) is 2. The van der Waals surface area contributed by atoms with Crippen molar-refractivity contribution in [2.24, 2.45) is 29.6 Å². The number of rotatable bonds is 30. The van der Waals surface area contributed by atoms with Gasteiger partial charge >= 0.3 is 11.9 Å². The van der Waals surface area contributed by atoms with Gasteiger partial charge in [-0.05, 0) is 62.7 Å². The van der Waals surface area contributed by atoms with Crippen molar-refractivity contribution in [1.29, 1.82) is 0 Å². The lowest BCUT2D eigenvalue weighted by Crippen LogP contribution is -2.17. The standard InChI is InChI=1S/C38H74O4/c1-8-12-26-34(10-3)37(39)41-29-23-19-15-14-17-21-25-33(7)31-36(32(5)6)28-22-18-16-20-24-30-42-38(40)35(11-4)27-13-9-2/h32-36H,8-31H2,1-7H3. The van der Waals surface area contributed by atoms with Crippen molar-refractivity contribution < 1.29 is 19.1 Å². The van der Waals surface area contributed by atoms with Crippen molar-refractivity contribution in [3.63, 3.8) is 0 Å². The van der Waals surface area contributed by atoms with Crippen molar-refractivity contribution in [3.8, 4) is 0 Å². The van der Waals surface area contributed by atoms with E-state index in [-0.39, 0.29) is 23.8 Å². The second-order valence-corrected chi connectivity index (χ2v) is 13.6. The normalized spacial score (nSPS) is 14.5. The fraction of sp³-hybridized carbons (Fsp3) is 0.947. The minimum Gasteiger partial charge on any atom is -0.465 e. The van der Waals surface area contributed by atoms with Gasteiger partial charge in [0.25, 0.3) is 0 Å². The molecule has 0 aliphatic rings. The summed E-state index contributed by atoms with van der Waals surface area (Å²) in [4.78, 5) is 24.4. The fourth-order valence-electron chi connectivity index (χ4n) is 6.16. The maximum absolute atomic E-state index is 12.2. The Morgan fingerprint density at radius 1 is 0.500 bits per heavy atom. The molecule has 0 amide bonds. The van der Waals surface area contributed by atoms with Crippen molar-refractivity contribution in [2.45, 2.75) is 190 Å². The molecule has 0 saturated heterocycles. The van der Waals surface area contributed by atoms with E-state index in [1.165, 1.54) is 77.0 Å². The Morgan fingerprint density at radius 3 is 1.31 bits per heavy atom. The summed E-state index contributed by atoms with van der Waals surface area (Å²) < 4.78 is 11.1. The second-order valence-electron chi connectivity index (χ2n) is 13.6. The molecule has 0 fully saturated rings. The summed E-state index contributed by atoms with van der Waals surface area (Å²) >= 11 is 0. The molecule has 42 heavy (non-hydrogen) atoms. The van der Waals surface area contributed by atoms with Gasteiger partial charge in [0.05, 0.1) is 25.0 Å². The largest absolute Gasteiger partial charge is 0.465 e. The Morgan fingerprint density at radius 2 is 0.905 bits per heavy atom. The summed E-state index contributed by atoms with van der Waals surface area (Å²) in [5.74, 6) is 2.67. The molecule has 0 saturated carbocycles. The number of hydrogen-bond donors (Lipinski definition) is 0. The average molecular weight is 595 g/mol. The zero-order valence-corrected chi connectivity index (χ0v) is 29.5. The monoisotopic (exact) mass is 595 g/mol. The Hall–Kier alpha value is -1.06. The van der Waals surface area contributed by atoms with Gasteiger partial charge in [-0.15, -0.1) is 0 Å². The first-order chi connectivity index (χ1) is 20.3. The predicted octanol–water partition coefficient (Wildman–Crippen LogP) is 11.9. The molecule has 0 N–H and O–H groups in total. The van der Waals surface area contributed by atoms with E-state index in [0.717, 1.165) is 82.0 Å². The lowest BCUT2D eigenvalue weighted by Gasteiger charge is -2.24. The highest BCUT2D eigenvalue weighted by molar-refractivity contribution is 5.72. The first-order valence-electron chi connectivity index (χ1n) is 18.6. The zero-order chi connectivity index (χ0) is 31.4. The van der Waals surface area contributed by atoms with Gasteiger partial charge in [-0.1, -0.05) is 145 Å². The van der Waals surface area contributed by atoms with E-state index < -0.39 is 0 Å². The molecule has 4 unspecified atom stereocenters. The van der Waals surface area contributed by atoms with Gasteiger partial charge in [-0.3, -0.25) is 9.59 Å². The Bertz CT molecular complexity index is 616. The van der Waals surface area contributed by atoms with Crippen molar-refractivity contribution in [3.05, 3.63) is 0 Å². The van der Waals surface area contributed by atoms with Crippen LogP contribution in [0.2, 0.25) is 0 Å². The Kier molecular flexibility index (Phi) is 28.0. The molecule has 0 aromatic carbocycles. The van der Waals surface area contributed by atoms with Crippen LogP contribution in [-0.4, -0.2) is 25.2 Å². The first kappa shape index (κ1) is 40.9. The third-order valence-electron chi connectivity index (χ3n) is 9.41. The van der Waals surface area contributed by atoms with Crippen LogP contribution in [0.15, 0.2) is 0 Å². The van der Waals surface area contributed by atoms with Gasteiger partial charge in [-0.25, -0.2) is 0 Å². The van der Waals surface area contributed by atoms with E-state index in [2.05, 4.69) is 48.5 Å². The molecular formula is C38H74O4. The van der Waals surface area contributed by atoms with Gasteiger partial charge in [0.15, 0.2) is 0 Å². The summed E-state index contributed by atoms with van der Waals surface area (Å²) in [6, 6.07) is 0. The lowest BCUT2D eigenvalue weighted by molar-refractivity contribution is -0.150. The minimum atomic E-state index is 0.0253. The van der Waals surface area contributed by atoms with Crippen LogP contribution in [0, 0.1) is 29.6 Å². The van der Waals surface area contributed by atoms with Gasteiger partial charge in [0, 0.05) is 0 Å². The first-order valence-corrected chi connectivity index (χ1v) is 18.6. The molecule has 0 radical (unpaired) electrons. The number of carbonyl (C=O) groups is 2. The molecular weight excluding hydrogens is 520 g/mol. The number of esters is 2. The highest BCUT2D eigenvalue weighted by atomic mass is 16.5. The fourth-order valence-corrected chi connectivity index (χ4v) is 6.16. The van der Waals surface area contributed by atoms with Crippen molar-refractivity contribution in [2.75, 3.05) is 13.2 Å². The number of hydrogen-bond acceptors (Lipinski definition) is 4. The van der Waals surface area contributed by atoms with Crippen LogP contribution in [0.1, 0.15) is 190 Å². The van der Waals surface area contributed by atoms with Crippen LogP contribution in [0.3, 0.4) is 0 Å². The van der Waals surface area contributed by atoms with E-state index in [0.29, 0.717) is 13.2 Å².